The predicted octanol–water partition coefficient (Wildman–Crippen LogP) is 1.97. The highest BCUT2D eigenvalue weighted by Crippen LogP contribution is 2.22. The maximum Gasteiger partial charge on any atom is 0.0981 e. The maximum atomic E-state index is 10.3. The summed E-state index contributed by atoms with van der Waals surface area (Å²) in [5.41, 5.74) is 1.60. The molecule has 0 radical (unpaired) electrons. The van der Waals surface area contributed by atoms with Crippen molar-refractivity contribution in [2.24, 2.45) is 5.92 Å². The molecule has 5 nitrogen and oxygen atoms in total. The van der Waals surface area contributed by atoms with Crippen LogP contribution in [0, 0.1) is 5.92 Å². The van der Waals surface area contributed by atoms with E-state index in [2.05, 4.69) is 10.3 Å². The summed E-state index contributed by atoms with van der Waals surface area (Å²) in [5, 5.41) is 18.2. The fraction of sp³-hybridized carbons (Fsp3) is 0.429. The molecule has 2 aromatic rings. The summed E-state index contributed by atoms with van der Waals surface area (Å²) in [5.74, 6) is 0.277. The number of benzene rings is 1. The minimum Gasteiger partial charge on any atom is -0.387 e. The fourth-order valence-corrected chi connectivity index (χ4v) is 2.09. The molecule has 19 heavy (non-hydrogen) atoms. The van der Waals surface area contributed by atoms with Crippen LogP contribution in [0.1, 0.15) is 25.1 Å². The van der Waals surface area contributed by atoms with Gasteiger partial charge in [0.15, 0.2) is 0 Å². The monoisotopic (exact) mass is 261 g/mol. The largest absolute Gasteiger partial charge is 0.387 e. The Morgan fingerprint density at radius 1 is 1.32 bits per heavy atom. The van der Waals surface area contributed by atoms with Crippen molar-refractivity contribution in [2.75, 3.05) is 13.7 Å². The molecule has 1 heterocycles. The Morgan fingerprint density at radius 3 is 2.74 bits per heavy atom. The average molecular weight is 261 g/mol. The third kappa shape index (κ3) is 3.39. The number of para-hydroxylation sites is 1. The second-order valence-electron chi connectivity index (χ2n) is 4.72. The molecule has 1 aromatic carbocycles. The van der Waals surface area contributed by atoms with Gasteiger partial charge in [0.05, 0.1) is 23.7 Å². The van der Waals surface area contributed by atoms with E-state index in [0.29, 0.717) is 18.7 Å². The van der Waals surface area contributed by atoms with Gasteiger partial charge in [-0.15, -0.1) is 5.10 Å². The molecule has 2 unspecified atom stereocenters. The van der Waals surface area contributed by atoms with E-state index in [9.17, 15) is 5.11 Å². The first-order chi connectivity index (χ1) is 9.22. The Bertz CT molecular complexity index is 498. The van der Waals surface area contributed by atoms with E-state index < -0.39 is 6.10 Å². The lowest BCUT2D eigenvalue weighted by molar-refractivity contribution is 0.0981. The molecule has 2 rings (SSSR count). The second-order valence-corrected chi connectivity index (χ2v) is 4.72. The Kier molecular flexibility index (Phi) is 4.65. The fourth-order valence-electron chi connectivity index (χ4n) is 2.09. The molecule has 1 aromatic heterocycles. The Balaban J connectivity index is 2.15. The number of ether oxygens (including phenoxy) is 1. The molecule has 0 bridgehead atoms. The Labute approximate surface area is 112 Å². The van der Waals surface area contributed by atoms with Crippen molar-refractivity contribution >= 4 is 0 Å². The minimum atomic E-state index is -0.597. The number of aliphatic hydroxyl groups is 1. The first-order valence-electron chi connectivity index (χ1n) is 6.35. The van der Waals surface area contributed by atoms with Crippen molar-refractivity contribution in [3.63, 3.8) is 0 Å². The van der Waals surface area contributed by atoms with Crippen molar-refractivity contribution in [1.82, 2.24) is 15.0 Å². The third-order valence-corrected chi connectivity index (χ3v) is 2.99. The van der Waals surface area contributed by atoms with Gasteiger partial charge in [0, 0.05) is 13.7 Å². The van der Waals surface area contributed by atoms with E-state index in [0.717, 1.165) is 5.69 Å². The zero-order chi connectivity index (χ0) is 13.7. The van der Waals surface area contributed by atoms with Crippen molar-refractivity contribution < 1.29 is 9.84 Å². The number of aromatic nitrogens is 3. The van der Waals surface area contributed by atoms with Gasteiger partial charge in [0.1, 0.15) is 0 Å². The van der Waals surface area contributed by atoms with Crippen LogP contribution in [-0.4, -0.2) is 33.8 Å². The SMILES string of the molecule is COCC(C)CC(O)c1cnnn1-c1ccccc1. The van der Waals surface area contributed by atoms with E-state index in [1.807, 2.05) is 37.3 Å². The maximum absolute atomic E-state index is 10.3. The van der Waals surface area contributed by atoms with Crippen LogP contribution in [-0.2, 0) is 4.74 Å². The first kappa shape index (κ1) is 13.7. The molecule has 0 saturated heterocycles. The molecular weight excluding hydrogens is 242 g/mol. The van der Waals surface area contributed by atoms with Gasteiger partial charge in [-0.05, 0) is 24.5 Å². The lowest BCUT2D eigenvalue weighted by atomic mass is 10.0. The normalized spacial score (nSPS) is 14.3. The van der Waals surface area contributed by atoms with Crippen LogP contribution in [0.15, 0.2) is 36.5 Å². The zero-order valence-electron chi connectivity index (χ0n) is 11.2. The molecule has 0 aliphatic rings. The molecule has 102 valence electrons. The summed E-state index contributed by atoms with van der Waals surface area (Å²) in [7, 11) is 1.67. The number of nitrogens with zero attached hydrogens (tertiary/aromatic N) is 3. The van der Waals surface area contributed by atoms with Crippen LogP contribution in [0.2, 0.25) is 0 Å². The van der Waals surface area contributed by atoms with Gasteiger partial charge in [-0.2, -0.15) is 0 Å². The van der Waals surface area contributed by atoms with E-state index >= 15 is 0 Å². The molecule has 0 saturated carbocycles. The minimum absolute atomic E-state index is 0.277. The van der Waals surface area contributed by atoms with E-state index in [1.165, 1.54) is 0 Å². The van der Waals surface area contributed by atoms with Crippen LogP contribution < -0.4 is 0 Å². The van der Waals surface area contributed by atoms with Gasteiger partial charge in [0.2, 0.25) is 0 Å². The van der Waals surface area contributed by atoms with E-state index in [1.54, 1.807) is 18.0 Å². The molecule has 1 N–H and O–H groups in total. The highest BCUT2D eigenvalue weighted by Gasteiger charge is 2.18. The first-order valence-corrected chi connectivity index (χ1v) is 6.35. The molecular formula is C14H19N3O2. The summed E-state index contributed by atoms with van der Waals surface area (Å²) < 4.78 is 6.76. The van der Waals surface area contributed by atoms with Gasteiger partial charge in [-0.25, -0.2) is 4.68 Å². The molecule has 0 fully saturated rings. The van der Waals surface area contributed by atoms with Gasteiger partial charge < -0.3 is 9.84 Å². The molecule has 2 atom stereocenters. The Morgan fingerprint density at radius 2 is 2.05 bits per heavy atom. The van der Waals surface area contributed by atoms with Gasteiger partial charge in [-0.3, -0.25) is 0 Å². The quantitative estimate of drug-likeness (QED) is 0.863. The summed E-state index contributed by atoms with van der Waals surface area (Å²) >= 11 is 0. The Hall–Kier alpha value is -1.72. The van der Waals surface area contributed by atoms with Gasteiger partial charge in [0.25, 0.3) is 0 Å². The van der Waals surface area contributed by atoms with Crippen LogP contribution in [0.3, 0.4) is 0 Å². The van der Waals surface area contributed by atoms with Crippen LogP contribution in [0.4, 0.5) is 0 Å². The third-order valence-electron chi connectivity index (χ3n) is 2.99. The second kappa shape index (κ2) is 6.45. The summed E-state index contributed by atoms with van der Waals surface area (Å²) in [6, 6.07) is 9.67. The highest BCUT2D eigenvalue weighted by atomic mass is 16.5. The lowest BCUT2D eigenvalue weighted by Gasteiger charge is -2.16. The summed E-state index contributed by atoms with van der Waals surface area (Å²) in [6.07, 6.45) is 1.63. The number of hydrogen-bond acceptors (Lipinski definition) is 4. The standard InChI is InChI=1S/C14H19N3O2/c1-11(10-19-2)8-14(18)13-9-15-16-17(13)12-6-4-3-5-7-12/h3-7,9,11,14,18H,8,10H2,1-2H3. The van der Waals surface area contributed by atoms with Crippen molar-refractivity contribution in [3.8, 4) is 5.69 Å². The zero-order valence-corrected chi connectivity index (χ0v) is 11.2. The topological polar surface area (TPSA) is 60.2 Å². The van der Waals surface area contributed by atoms with Crippen LogP contribution in [0.25, 0.3) is 5.69 Å². The summed E-state index contributed by atoms with van der Waals surface area (Å²) in [4.78, 5) is 0. The smallest absolute Gasteiger partial charge is 0.0981 e. The highest BCUT2D eigenvalue weighted by molar-refractivity contribution is 5.31. The number of methoxy groups -OCH3 is 1. The van der Waals surface area contributed by atoms with Crippen molar-refractivity contribution in [2.45, 2.75) is 19.4 Å². The molecule has 0 aliphatic carbocycles. The van der Waals surface area contributed by atoms with Gasteiger partial charge in [-0.1, -0.05) is 30.3 Å². The lowest BCUT2D eigenvalue weighted by Crippen LogP contribution is -2.13. The van der Waals surface area contributed by atoms with Gasteiger partial charge >= 0.3 is 0 Å². The van der Waals surface area contributed by atoms with Crippen molar-refractivity contribution in [1.29, 1.82) is 0 Å². The summed E-state index contributed by atoms with van der Waals surface area (Å²) in [6.45, 7) is 2.67. The van der Waals surface area contributed by atoms with E-state index in [-0.39, 0.29) is 5.92 Å². The molecule has 5 heteroatoms. The number of rotatable bonds is 6. The van der Waals surface area contributed by atoms with Crippen molar-refractivity contribution in [3.05, 3.63) is 42.2 Å². The van der Waals surface area contributed by atoms with Crippen LogP contribution in [0.5, 0.6) is 0 Å². The van der Waals surface area contributed by atoms with E-state index in [4.69, 9.17) is 4.74 Å². The molecule has 0 amide bonds. The number of aliphatic hydroxyl groups excluding tert-OH is 1. The van der Waals surface area contributed by atoms with Crippen LogP contribution >= 0.6 is 0 Å². The average Bonchev–Trinajstić information content (AvgIpc) is 2.89. The predicted molar refractivity (Wildman–Crippen MR) is 72.0 cm³/mol. The molecule has 0 aliphatic heterocycles. The molecule has 0 spiro atoms. The number of hydrogen-bond donors (Lipinski definition) is 1.